The summed E-state index contributed by atoms with van der Waals surface area (Å²) >= 11 is 1.52. The van der Waals surface area contributed by atoms with Crippen molar-refractivity contribution in [3.63, 3.8) is 0 Å². The monoisotopic (exact) mass is 288 g/mol. The topological polar surface area (TPSA) is 57.1 Å². The van der Waals surface area contributed by atoms with Crippen molar-refractivity contribution >= 4 is 28.5 Å². The van der Waals surface area contributed by atoms with Gasteiger partial charge in [-0.1, -0.05) is 36.9 Å². The fourth-order valence-corrected chi connectivity index (χ4v) is 2.94. The Hall–Kier alpha value is -1.82. The van der Waals surface area contributed by atoms with Gasteiger partial charge in [-0.25, -0.2) is 5.01 Å². The standard InChI is InChI=1S/C14H16N4OS/c1-4-20-13-15-12(19)11-9-7-5-6-8-10(9)16-14(2,3)18(11)17-13/h5-8H,4H2,1-3H3,(H,15,17,19). The van der Waals surface area contributed by atoms with Crippen LogP contribution in [0, 0.1) is 0 Å². The molecule has 0 spiro atoms. The molecule has 0 aliphatic carbocycles. The van der Waals surface area contributed by atoms with Crippen LogP contribution in [0.2, 0.25) is 0 Å². The fourth-order valence-electron chi connectivity index (χ4n) is 2.37. The predicted molar refractivity (Wildman–Crippen MR) is 80.3 cm³/mol. The number of hydrogen-bond donors (Lipinski definition) is 1. The van der Waals surface area contributed by atoms with Gasteiger partial charge in [-0.3, -0.25) is 15.1 Å². The maximum absolute atomic E-state index is 12.4. The van der Waals surface area contributed by atoms with Crippen LogP contribution in [0.1, 0.15) is 20.8 Å². The molecule has 2 aliphatic rings. The fraction of sp³-hybridized carbons (Fsp3) is 0.357. The van der Waals surface area contributed by atoms with E-state index in [1.807, 2.05) is 45.0 Å². The molecule has 0 unspecified atom stereocenters. The molecule has 0 bridgehead atoms. The summed E-state index contributed by atoms with van der Waals surface area (Å²) in [6.45, 7) is 5.94. The first-order valence-corrected chi connectivity index (χ1v) is 7.54. The van der Waals surface area contributed by atoms with Crippen LogP contribution in [0.4, 0.5) is 0 Å². The van der Waals surface area contributed by atoms with E-state index in [0.29, 0.717) is 10.9 Å². The normalized spacial score (nSPS) is 19.6. The zero-order valence-electron chi connectivity index (χ0n) is 11.7. The van der Waals surface area contributed by atoms with Gasteiger partial charge in [0.25, 0.3) is 5.91 Å². The Labute approximate surface area is 121 Å². The molecule has 1 aromatic carbocycles. The first-order valence-electron chi connectivity index (χ1n) is 6.55. The van der Waals surface area contributed by atoms with Crippen molar-refractivity contribution in [1.29, 1.82) is 0 Å². The zero-order valence-corrected chi connectivity index (χ0v) is 12.5. The Morgan fingerprint density at radius 2 is 2.10 bits per heavy atom. The van der Waals surface area contributed by atoms with Gasteiger partial charge in [0.2, 0.25) is 0 Å². The van der Waals surface area contributed by atoms with Crippen molar-refractivity contribution in [3.05, 3.63) is 34.8 Å². The molecule has 6 heteroatoms. The van der Waals surface area contributed by atoms with E-state index >= 15 is 0 Å². The molecule has 20 heavy (non-hydrogen) atoms. The molecule has 2 aliphatic heterocycles. The smallest absolute Gasteiger partial charge is 0.276 e. The number of nitrogens with zero attached hydrogens (tertiary/aromatic N) is 3. The molecule has 1 amide bonds. The number of nitrogens with one attached hydrogen (secondary N) is 1. The van der Waals surface area contributed by atoms with Gasteiger partial charge >= 0.3 is 0 Å². The van der Waals surface area contributed by atoms with Crippen molar-refractivity contribution in [2.24, 2.45) is 10.1 Å². The number of fused-ring (bicyclic) bond motifs is 2. The molecule has 0 aromatic heterocycles. The molecular weight excluding hydrogens is 272 g/mol. The highest BCUT2D eigenvalue weighted by atomic mass is 32.2. The van der Waals surface area contributed by atoms with Gasteiger partial charge < -0.3 is 0 Å². The minimum absolute atomic E-state index is 0.119. The number of benzene rings is 1. The van der Waals surface area contributed by atoms with Gasteiger partial charge in [-0.2, -0.15) is 0 Å². The Bertz CT molecular complexity index is 723. The third-order valence-electron chi connectivity index (χ3n) is 3.19. The molecule has 0 saturated heterocycles. The van der Waals surface area contributed by atoms with E-state index in [4.69, 9.17) is 4.99 Å². The van der Waals surface area contributed by atoms with Gasteiger partial charge in [0.15, 0.2) is 5.17 Å². The zero-order chi connectivity index (χ0) is 14.3. The second-order valence-corrected chi connectivity index (χ2v) is 6.33. The highest BCUT2D eigenvalue weighted by molar-refractivity contribution is 8.13. The first kappa shape index (κ1) is 13.2. The van der Waals surface area contributed by atoms with Crippen LogP contribution in [0.3, 0.4) is 0 Å². The van der Waals surface area contributed by atoms with Crippen LogP contribution in [0.5, 0.6) is 0 Å². The second kappa shape index (κ2) is 4.63. The molecule has 2 heterocycles. The predicted octanol–water partition coefficient (Wildman–Crippen LogP) is 0.620. The Morgan fingerprint density at radius 3 is 2.85 bits per heavy atom. The second-order valence-electron chi connectivity index (χ2n) is 5.08. The number of hydrogen-bond acceptors (Lipinski definition) is 5. The number of thioether (sulfide) groups is 1. The lowest BCUT2D eigenvalue weighted by molar-refractivity contribution is -0.116. The lowest BCUT2D eigenvalue weighted by atomic mass is 10.1. The number of rotatable bonds is 1. The van der Waals surface area contributed by atoms with E-state index < -0.39 is 5.66 Å². The Morgan fingerprint density at radius 1 is 1.35 bits per heavy atom. The van der Waals surface area contributed by atoms with Gasteiger partial charge in [0, 0.05) is 5.22 Å². The van der Waals surface area contributed by atoms with Gasteiger partial charge in [0.1, 0.15) is 11.4 Å². The molecule has 1 N–H and O–H groups in total. The van der Waals surface area contributed by atoms with E-state index in [0.717, 1.165) is 16.3 Å². The maximum atomic E-state index is 12.4. The van der Waals surface area contributed by atoms with Crippen LogP contribution in [-0.4, -0.2) is 27.5 Å². The van der Waals surface area contributed by atoms with Crippen molar-refractivity contribution in [2.45, 2.75) is 26.4 Å². The highest BCUT2D eigenvalue weighted by Gasteiger charge is 2.38. The summed E-state index contributed by atoms with van der Waals surface area (Å²) in [5.74, 6) is 0.738. The number of hydrazone groups is 1. The third kappa shape index (κ3) is 2.00. The molecule has 3 rings (SSSR count). The number of carbonyl (C=O) groups is 1. The molecule has 0 fully saturated rings. The van der Waals surface area contributed by atoms with Gasteiger partial charge in [-0.15, -0.1) is 5.10 Å². The maximum Gasteiger partial charge on any atom is 0.276 e. The summed E-state index contributed by atoms with van der Waals surface area (Å²) in [5, 5.41) is 11.4. The molecule has 0 atom stereocenters. The molecular formula is C14H16N4OS. The highest BCUT2D eigenvalue weighted by Crippen LogP contribution is 2.27. The quantitative estimate of drug-likeness (QED) is 0.824. The molecule has 0 saturated carbocycles. The largest absolute Gasteiger partial charge is 0.298 e. The third-order valence-corrected chi connectivity index (χ3v) is 3.94. The number of amides is 1. The van der Waals surface area contributed by atoms with Crippen molar-refractivity contribution in [3.8, 4) is 0 Å². The van der Waals surface area contributed by atoms with E-state index in [1.54, 1.807) is 5.01 Å². The average Bonchev–Trinajstić information content (AvgIpc) is 2.39. The summed E-state index contributed by atoms with van der Waals surface area (Å²) in [6.07, 6.45) is 0. The summed E-state index contributed by atoms with van der Waals surface area (Å²) in [4.78, 5) is 17.1. The van der Waals surface area contributed by atoms with Crippen LogP contribution in [-0.2, 0) is 4.79 Å². The van der Waals surface area contributed by atoms with Crippen molar-refractivity contribution in [1.82, 2.24) is 10.3 Å². The van der Waals surface area contributed by atoms with Gasteiger partial charge in [0.05, 0.1) is 5.36 Å². The van der Waals surface area contributed by atoms with Crippen molar-refractivity contribution < 1.29 is 4.79 Å². The van der Waals surface area contributed by atoms with E-state index in [-0.39, 0.29) is 5.91 Å². The van der Waals surface area contributed by atoms with Crippen LogP contribution < -0.4 is 15.9 Å². The van der Waals surface area contributed by atoms with Crippen molar-refractivity contribution in [2.75, 3.05) is 5.75 Å². The number of para-hydroxylation sites is 1. The first-order chi connectivity index (χ1) is 9.53. The summed E-state index contributed by atoms with van der Waals surface area (Å²) < 4.78 is 0. The SMILES string of the molecule is CCSC1=NN2C(=c3ccccc3=NC2(C)C)C(=O)N1. The van der Waals surface area contributed by atoms with Gasteiger partial charge in [-0.05, 0) is 25.7 Å². The minimum Gasteiger partial charge on any atom is -0.298 e. The van der Waals surface area contributed by atoms with E-state index in [9.17, 15) is 4.79 Å². The molecule has 1 aromatic rings. The summed E-state index contributed by atoms with van der Waals surface area (Å²) in [5.41, 5.74) is 0.00197. The molecule has 0 radical (unpaired) electrons. The molecule has 104 valence electrons. The lowest BCUT2D eigenvalue weighted by Gasteiger charge is -2.38. The summed E-state index contributed by atoms with van der Waals surface area (Å²) in [7, 11) is 0. The van der Waals surface area contributed by atoms with Crippen LogP contribution in [0.25, 0.3) is 5.70 Å². The van der Waals surface area contributed by atoms with E-state index in [1.165, 1.54) is 11.8 Å². The minimum atomic E-state index is -0.568. The summed E-state index contributed by atoms with van der Waals surface area (Å²) in [6, 6.07) is 7.67. The molecule has 5 nitrogen and oxygen atoms in total. The average molecular weight is 288 g/mol. The van der Waals surface area contributed by atoms with E-state index in [2.05, 4.69) is 10.4 Å². The Kier molecular flexibility index (Phi) is 3.05. The lowest BCUT2D eigenvalue weighted by Crippen LogP contribution is -2.56. The van der Waals surface area contributed by atoms with Crippen LogP contribution in [0.15, 0.2) is 34.4 Å². The number of amidine groups is 1. The number of carbonyl (C=O) groups excluding carboxylic acids is 1. The van der Waals surface area contributed by atoms with Crippen LogP contribution >= 0.6 is 11.8 Å². The Balaban J connectivity index is 2.28.